The number of hydrogen-bond acceptors (Lipinski definition) is 2. The largest absolute Gasteiger partial charge is 0.339 e. The van der Waals surface area contributed by atoms with Crippen LogP contribution in [0.4, 0.5) is 0 Å². The summed E-state index contributed by atoms with van der Waals surface area (Å²) in [5.74, 6) is 0.359. The first kappa shape index (κ1) is 11.7. The van der Waals surface area contributed by atoms with E-state index in [1.54, 1.807) is 0 Å². The molecule has 2 fully saturated rings. The third kappa shape index (κ3) is 1.74. The number of carbonyl (C=O) groups excluding carboxylic acids is 1. The zero-order valence-electron chi connectivity index (χ0n) is 10.9. The fourth-order valence-electron chi connectivity index (χ4n) is 3.45. The average Bonchev–Trinajstić information content (AvgIpc) is 2.67. The maximum atomic E-state index is 12.5. The lowest BCUT2D eigenvalue weighted by Crippen LogP contribution is -2.50. The van der Waals surface area contributed by atoms with Crippen LogP contribution in [0.15, 0.2) is 30.3 Å². The van der Waals surface area contributed by atoms with Crippen molar-refractivity contribution in [1.82, 2.24) is 10.2 Å². The van der Waals surface area contributed by atoms with Crippen molar-refractivity contribution in [3.05, 3.63) is 35.9 Å². The van der Waals surface area contributed by atoms with Gasteiger partial charge in [0.25, 0.3) is 0 Å². The summed E-state index contributed by atoms with van der Waals surface area (Å²) in [6.07, 6.45) is 3.14. The first-order valence-electron chi connectivity index (χ1n) is 6.76. The van der Waals surface area contributed by atoms with E-state index in [1.165, 1.54) is 5.56 Å². The molecule has 2 heterocycles. The van der Waals surface area contributed by atoms with Crippen molar-refractivity contribution in [3.8, 4) is 0 Å². The third-order valence-electron chi connectivity index (χ3n) is 4.66. The fourth-order valence-corrected chi connectivity index (χ4v) is 3.45. The maximum Gasteiger partial charge on any atom is 0.230 e. The predicted octanol–water partition coefficient (Wildman–Crippen LogP) is 1.75. The van der Waals surface area contributed by atoms with Gasteiger partial charge in [-0.15, -0.1) is 0 Å². The van der Waals surface area contributed by atoms with Crippen molar-refractivity contribution in [1.29, 1.82) is 0 Å². The van der Waals surface area contributed by atoms with Crippen LogP contribution in [0.3, 0.4) is 0 Å². The van der Waals surface area contributed by atoms with E-state index >= 15 is 0 Å². The average molecular weight is 244 g/mol. The van der Waals surface area contributed by atoms with E-state index in [4.69, 9.17) is 0 Å². The summed E-state index contributed by atoms with van der Waals surface area (Å²) >= 11 is 0. The molecule has 0 saturated carbocycles. The van der Waals surface area contributed by atoms with Gasteiger partial charge in [-0.25, -0.2) is 0 Å². The lowest BCUT2D eigenvalue weighted by Gasteiger charge is -2.39. The number of likely N-dealkylation sites (tertiary alicyclic amines) is 1. The molecule has 3 rings (SSSR count). The van der Waals surface area contributed by atoms with Gasteiger partial charge < -0.3 is 10.2 Å². The second-order valence-electron chi connectivity index (χ2n) is 5.54. The van der Waals surface area contributed by atoms with Crippen molar-refractivity contribution in [3.63, 3.8) is 0 Å². The number of carbonyl (C=O) groups is 1. The molecule has 0 aliphatic carbocycles. The molecule has 0 bridgehead atoms. The van der Waals surface area contributed by atoms with Crippen molar-refractivity contribution >= 4 is 5.91 Å². The molecule has 1 aromatic rings. The molecule has 2 aliphatic rings. The van der Waals surface area contributed by atoms with Gasteiger partial charge in [-0.3, -0.25) is 4.79 Å². The third-order valence-corrected chi connectivity index (χ3v) is 4.66. The number of nitrogens with zero attached hydrogens (tertiary/aromatic N) is 1. The Kier molecular flexibility index (Phi) is 2.86. The van der Waals surface area contributed by atoms with Gasteiger partial charge >= 0.3 is 0 Å². The number of likely N-dealkylation sites (N-methyl/N-ethyl adjacent to an activating group) is 1. The Morgan fingerprint density at radius 1 is 1.22 bits per heavy atom. The molecular weight excluding hydrogens is 224 g/mol. The normalized spacial score (nSPS) is 26.8. The van der Waals surface area contributed by atoms with Crippen LogP contribution in [0.5, 0.6) is 0 Å². The van der Waals surface area contributed by atoms with Crippen molar-refractivity contribution in [2.24, 2.45) is 0 Å². The van der Waals surface area contributed by atoms with Crippen molar-refractivity contribution in [2.45, 2.75) is 30.7 Å². The van der Waals surface area contributed by atoms with E-state index in [1.807, 2.05) is 30.1 Å². The lowest BCUT2D eigenvalue weighted by atomic mass is 9.82. The highest BCUT2D eigenvalue weighted by atomic mass is 16.2. The maximum absolute atomic E-state index is 12.5. The molecule has 0 aromatic heterocycles. The highest BCUT2D eigenvalue weighted by molar-refractivity contribution is 5.87. The molecule has 96 valence electrons. The lowest BCUT2D eigenvalue weighted by molar-refractivity contribution is -0.131. The van der Waals surface area contributed by atoms with Crippen LogP contribution in [0.25, 0.3) is 0 Å². The monoisotopic (exact) mass is 244 g/mol. The molecule has 1 spiro atoms. The van der Waals surface area contributed by atoms with Gasteiger partial charge in [0.05, 0.1) is 5.92 Å². The number of amides is 1. The summed E-state index contributed by atoms with van der Waals surface area (Å²) < 4.78 is 0. The van der Waals surface area contributed by atoms with Gasteiger partial charge in [-0.2, -0.15) is 0 Å². The molecule has 1 amide bonds. The van der Waals surface area contributed by atoms with E-state index in [0.717, 1.165) is 32.4 Å². The highest BCUT2D eigenvalue weighted by Crippen LogP contribution is 2.43. The van der Waals surface area contributed by atoms with Crippen LogP contribution in [-0.2, 0) is 4.79 Å². The summed E-state index contributed by atoms with van der Waals surface area (Å²) in [6.45, 7) is 2.05. The zero-order chi connectivity index (χ0) is 12.6. The number of benzene rings is 1. The minimum absolute atomic E-state index is 0.0642. The Labute approximate surface area is 108 Å². The van der Waals surface area contributed by atoms with E-state index in [-0.39, 0.29) is 11.5 Å². The Bertz CT molecular complexity index is 437. The van der Waals surface area contributed by atoms with Gasteiger partial charge in [0.15, 0.2) is 0 Å². The van der Waals surface area contributed by atoms with Gasteiger partial charge in [0.2, 0.25) is 5.91 Å². The molecule has 3 heteroatoms. The second-order valence-corrected chi connectivity index (χ2v) is 5.54. The standard InChI is InChI=1S/C15H20N2O/c1-17-14(18)13(12-5-3-2-4-6-12)11-15(17)7-9-16-10-8-15/h2-6,13,16H,7-11H2,1H3/t13-/m0/s1. The second kappa shape index (κ2) is 4.39. The molecule has 1 atom stereocenters. The molecule has 0 unspecified atom stereocenters. The number of rotatable bonds is 1. The SMILES string of the molecule is CN1C(=O)[C@H](c2ccccc2)CC12CCNCC2. The summed E-state index contributed by atoms with van der Waals surface area (Å²) in [5, 5.41) is 3.39. The number of piperidine rings is 1. The highest BCUT2D eigenvalue weighted by Gasteiger charge is 2.49. The first-order valence-corrected chi connectivity index (χ1v) is 6.76. The predicted molar refractivity (Wildman–Crippen MR) is 71.4 cm³/mol. The Balaban J connectivity index is 1.89. The molecule has 2 saturated heterocycles. The topological polar surface area (TPSA) is 32.3 Å². The molecule has 0 radical (unpaired) electrons. The number of hydrogen-bond donors (Lipinski definition) is 1. The van der Waals surface area contributed by atoms with E-state index in [2.05, 4.69) is 17.4 Å². The first-order chi connectivity index (χ1) is 8.73. The smallest absolute Gasteiger partial charge is 0.230 e. The molecule has 2 aliphatic heterocycles. The molecule has 1 N–H and O–H groups in total. The number of nitrogens with one attached hydrogen (secondary N) is 1. The molecule has 1 aromatic carbocycles. The van der Waals surface area contributed by atoms with Crippen LogP contribution in [0.1, 0.15) is 30.7 Å². The van der Waals surface area contributed by atoms with Crippen LogP contribution in [0, 0.1) is 0 Å². The van der Waals surface area contributed by atoms with Crippen molar-refractivity contribution in [2.75, 3.05) is 20.1 Å². The zero-order valence-corrected chi connectivity index (χ0v) is 10.9. The van der Waals surface area contributed by atoms with Gasteiger partial charge in [0, 0.05) is 12.6 Å². The van der Waals surface area contributed by atoms with Crippen LogP contribution in [-0.4, -0.2) is 36.5 Å². The van der Waals surface area contributed by atoms with Crippen molar-refractivity contribution < 1.29 is 4.79 Å². The summed E-state index contributed by atoms with van der Waals surface area (Å²) in [5.41, 5.74) is 1.27. The van der Waals surface area contributed by atoms with E-state index in [9.17, 15) is 4.79 Å². The Hall–Kier alpha value is -1.35. The van der Waals surface area contributed by atoms with Gasteiger partial charge in [-0.1, -0.05) is 30.3 Å². The van der Waals surface area contributed by atoms with Gasteiger partial charge in [-0.05, 0) is 37.9 Å². The van der Waals surface area contributed by atoms with Crippen LogP contribution >= 0.6 is 0 Å². The minimum Gasteiger partial charge on any atom is -0.339 e. The van der Waals surface area contributed by atoms with E-state index in [0.29, 0.717) is 5.91 Å². The van der Waals surface area contributed by atoms with Gasteiger partial charge in [0.1, 0.15) is 0 Å². The fraction of sp³-hybridized carbons (Fsp3) is 0.533. The summed E-state index contributed by atoms with van der Waals surface area (Å²) in [7, 11) is 1.98. The van der Waals surface area contributed by atoms with Crippen LogP contribution < -0.4 is 5.32 Å². The molecular formula is C15H20N2O. The quantitative estimate of drug-likeness (QED) is 0.816. The summed E-state index contributed by atoms with van der Waals surface area (Å²) in [4.78, 5) is 14.5. The molecule has 3 nitrogen and oxygen atoms in total. The minimum atomic E-state index is 0.0642. The van der Waals surface area contributed by atoms with E-state index < -0.39 is 0 Å². The Morgan fingerprint density at radius 3 is 2.56 bits per heavy atom. The summed E-state index contributed by atoms with van der Waals surface area (Å²) in [6, 6.07) is 10.2. The van der Waals surface area contributed by atoms with Crippen LogP contribution in [0.2, 0.25) is 0 Å². The Morgan fingerprint density at radius 2 is 1.89 bits per heavy atom. The molecule has 18 heavy (non-hydrogen) atoms.